The zero-order valence-electron chi connectivity index (χ0n) is 12.6. The molecule has 4 nitrogen and oxygen atoms in total. The van der Waals surface area contributed by atoms with Crippen molar-refractivity contribution in [3.8, 4) is 0 Å². The Balaban J connectivity index is 1.84. The number of carbonyl (C=O) groups is 3. The van der Waals surface area contributed by atoms with Crippen LogP contribution >= 0.6 is 0 Å². The van der Waals surface area contributed by atoms with Gasteiger partial charge in [0.25, 0.3) is 0 Å². The van der Waals surface area contributed by atoms with Crippen molar-refractivity contribution in [2.45, 2.75) is 19.3 Å². The highest BCUT2D eigenvalue weighted by atomic mass is 16.2. The maximum Gasteiger partial charge on any atom is 0.232 e. The van der Waals surface area contributed by atoms with E-state index < -0.39 is 17.2 Å². The molecule has 23 heavy (non-hydrogen) atoms. The van der Waals surface area contributed by atoms with E-state index in [1.54, 1.807) is 0 Å². The minimum Gasteiger partial charge on any atom is -0.369 e. The van der Waals surface area contributed by atoms with Crippen LogP contribution in [0.4, 0.5) is 0 Å². The molecule has 1 saturated carbocycles. The molecule has 4 heteroatoms. The Labute approximate surface area is 134 Å². The molecule has 3 aliphatic carbocycles. The van der Waals surface area contributed by atoms with E-state index in [-0.39, 0.29) is 23.9 Å². The first-order valence-corrected chi connectivity index (χ1v) is 7.87. The fourth-order valence-electron chi connectivity index (χ4n) is 4.36. The van der Waals surface area contributed by atoms with Crippen molar-refractivity contribution >= 4 is 23.5 Å². The Kier molecular flexibility index (Phi) is 2.92. The van der Waals surface area contributed by atoms with E-state index in [1.165, 1.54) is 17.7 Å². The minimum atomic E-state index is -1.39. The molecule has 4 rings (SSSR count). The van der Waals surface area contributed by atoms with E-state index in [1.807, 2.05) is 18.2 Å². The van der Waals surface area contributed by atoms with Crippen LogP contribution in [0.3, 0.4) is 0 Å². The molecule has 0 aromatic heterocycles. The lowest BCUT2D eigenvalue weighted by atomic mass is 9.54. The molecule has 0 heterocycles. The number of hydrogen-bond donors (Lipinski definition) is 1. The first-order chi connectivity index (χ1) is 11.0. The second-order valence-corrected chi connectivity index (χ2v) is 6.72. The van der Waals surface area contributed by atoms with Crippen molar-refractivity contribution in [2.24, 2.45) is 23.0 Å². The number of rotatable bonds is 1. The predicted octanol–water partition coefficient (Wildman–Crippen LogP) is 1.83. The highest BCUT2D eigenvalue weighted by Crippen LogP contribution is 2.51. The van der Waals surface area contributed by atoms with Gasteiger partial charge in [-0.1, -0.05) is 35.9 Å². The molecule has 3 aliphatic rings. The minimum absolute atomic E-state index is 0.152. The lowest BCUT2D eigenvalue weighted by Crippen LogP contribution is -2.56. The van der Waals surface area contributed by atoms with Crippen LogP contribution in [0.1, 0.15) is 24.0 Å². The van der Waals surface area contributed by atoms with Crippen LogP contribution in [0.15, 0.2) is 42.0 Å². The van der Waals surface area contributed by atoms with Crippen molar-refractivity contribution in [2.75, 3.05) is 0 Å². The number of ketones is 2. The van der Waals surface area contributed by atoms with Gasteiger partial charge in [-0.25, -0.2) is 0 Å². The molecular weight excluding hydrogens is 290 g/mol. The van der Waals surface area contributed by atoms with Gasteiger partial charge in [0.15, 0.2) is 11.6 Å². The standard InChI is InChI=1S/C19H17NO3/c20-18(23)19-10-14-8-12-4-2-1-3-11(12)7-13(14)9-15(19)16(21)5-6-17(19)22/h1-6,8,13,15H,7,9-10H2,(H2,20,23). The van der Waals surface area contributed by atoms with Crippen molar-refractivity contribution in [1.29, 1.82) is 0 Å². The summed E-state index contributed by atoms with van der Waals surface area (Å²) in [5, 5.41) is 0. The zero-order valence-corrected chi connectivity index (χ0v) is 12.6. The third-order valence-electron chi connectivity index (χ3n) is 5.61. The summed E-state index contributed by atoms with van der Waals surface area (Å²) in [7, 11) is 0. The van der Waals surface area contributed by atoms with Gasteiger partial charge in [0.05, 0.1) is 0 Å². The van der Waals surface area contributed by atoms with E-state index in [2.05, 4.69) is 12.1 Å². The van der Waals surface area contributed by atoms with Crippen LogP contribution in [-0.4, -0.2) is 17.5 Å². The third-order valence-corrected chi connectivity index (χ3v) is 5.61. The van der Waals surface area contributed by atoms with E-state index >= 15 is 0 Å². The summed E-state index contributed by atoms with van der Waals surface area (Å²) in [4.78, 5) is 37.0. The molecule has 1 aromatic rings. The number of allylic oxidation sites excluding steroid dienone is 3. The van der Waals surface area contributed by atoms with Crippen LogP contribution in [0, 0.1) is 17.3 Å². The second kappa shape index (κ2) is 4.75. The first-order valence-electron chi connectivity index (χ1n) is 7.87. The van der Waals surface area contributed by atoms with Gasteiger partial charge < -0.3 is 5.73 Å². The summed E-state index contributed by atoms with van der Waals surface area (Å²) in [5.74, 6) is -1.58. The maximum atomic E-state index is 12.5. The smallest absolute Gasteiger partial charge is 0.232 e. The molecule has 116 valence electrons. The van der Waals surface area contributed by atoms with Gasteiger partial charge in [0.2, 0.25) is 5.91 Å². The molecule has 0 aliphatic heterocycles. The first kappa shape index (κ1) is 14.1. The molecule has 2 N–H and O–H groups in total. The predicted molar refractivity (Wildman–Crippen MR) is 85.1 cm³/mol. The van der Waals surface area contributed by atoms with E-state index in [0.717, 1.165) is 17.6 Å². The summed E-state index contributed by atoms with van der Waals surface area (Å²) < 4.78 is 0. The highest BCUT2D eigenvalue weighted by molar-refractivity contribution is 6.19. The Bertz CT molecular complexity index is 805. The summed E-state index contributed by atoms with van der Waals surface area (Å²) in [6.45, 7) is 0. The number of nitrogens with two attached hydrogens (primary N) is 1. The maximum absolute atomic E-state index is 12.5. The number of amides is 1. The van der Waals surface area contributed by atoms with Crippen molar-refractivity contribution in [3.05, 3.63) is 53.1 Å². The SMILES string of the molecule is NC(=O)C12CC3=Cc4ccccc4CC3CC1C(=O)C=CC2=O. The van der Waals surface area contributed by atoms with E-state index in [9.17, 15) is 14.4 Å². The summed E-state index contributed by atoms with van der Waals surface area (Å²) >= 11 is 0. The molecule has 0 radical (unpaired) electrons. The Morgan fingerprint density at radius 2 is 1.96 bits per heavy atom. The van der Waals surface area contributed by atoms with Crippen LogP contribution in [0.25, 0.3) is 6.08 Å². The second-order valence-electron chi connectivity index (χ2n) is 6.72. The largest absolute Gasteiger partial charge is 0.369 e. The Hall–Kier alpha value is -2.49. The van der Waals surface area contributed by atoms with Crippen LogP contribution in [-0.2, 0) is 20.8 Å². The number of benzene rings is 1. The fraction of sp³-hybridized carbons (Fsp3) is 0.316. The van der Waals surface area contributed by atoms with Crippen molar-refractivity contribution in [1.82, 2.24) is 0 Å². The molecule has 1 amide bonds. The van der Waals surface area contributed by atoms with Crippen LogP contribution in [0.5, 0.6) is 0 Å². The fourth-order valence-corrected chi connectivity index (χ4v) is 4.36. The average Bonchev–Trinajstić information content (AvgIpc) is 2.55. The summed E-state index contributed by atoms with van der Waals surface area (Å²) in [6, 6.07) is 8.11. The molecule has 0 spiro atoms. The molecule has 3 unspecified atom stereocenters. The molecule has 3 atom stereocenters. The highest BCUT2D eigenvalue weighted by Gasteiger charge is 2.57. The van der Waals surface area contributed by atoms with Crippen molar-refractivity contribution in [3.63, 3.8) is 0 Å². The van der Waals surface area contributed by atoms with E-state index in [4.69, 9.17) is 5.73 Å². The summed E-state index contributed by atoms with van der Waals surface area (Å²) in [6.07, 6.45) is 6.22. The summed E-state index contributed by atoms with van der Waals surface area (Å²) in [5.41, 5.74) is 7.66. The molecular formula is C19H17NO3. The van der Waals surface area contributed by atoms with Crippen LogP contribution < -0.4 is 5.73 Å². The Morgan fingerprint density at radius 3 is 2.74 bits per heavy atom. The normalized spacial score (nSPS) is 31.7. The lowest BCUT2D eigenvalue weighted by molar-refractivity contribution is -0.149. The van der Waals surface area contributed by atoms with Gasteiger partial charge in [0, 0.05) is 5.92 Å². The van der Waals surface area contributed by atoms with Gasteiger partial charge in [-0.05, 0) is 48.5 Å². The van der Waals surface area contributed by atoms with Gasteiger partial charge in [-0.15, -0.1) is 0 Å². The molecule has 0 saturated heterocycles. The molecule has 1 fully saturated rings. The third kappa shape index (κ3) is 1.87. The number of fused-ring (bicyclic) bond motifs is 3. The quantitative estimate of drug-likeness (QED) is 0.804. The molecule has 1 aromatic carbocycles. The van der Waals surface area contributed by atoms with Gasteiger partial charge in [-0.2, -0.15) is 0 Å². The topological polar surface area (TPSA) is 77.2 Å². The molecule has 0 bridgehead atoms. The number of primary amides is 1. The number of carbonyl (C=O) groups excluding carboxylic acids is 3. The van der Waals surface area contributed by atoms with Crippen LogP contribution in [0.2, 0.25) is 0 Å². The van der Waals surface area contributed by atoms with E-state index in [0.29, 0.717) is 6.42 Å². The zero-order chi connectivity index (χ0) is 16.2. The van der Waals surface area contributed by atoms with Gasteiger partial charge in [-0.3, -0.25) is 14.4 Å². The Morgan fingerprint density at radius 1 is 1.17 bits per heavy atom. The van der Waals surface area contributed by atoms with Gasteiger partial charge >= 0.3 is 0 Å². The van der Waals surface area contributed by atoms with Crippen molar-refractivity contribution < 1.29 is 14.4 Å². The van der Waals surface area contributed by atoms with Gasteiger partial charge in [0.1, 0.15) is 5.41 Å². The average molecular weight is 307 g/mol. The lowest BCUT2D eigenvalue weighted by Gasteiger charge is -2.45. The number of hydrogen-bond acceptors (Lipinski definition) is 3. The monoisotopic (exact) mass is 307 g/mol.